The summed E-state index contributed by atoms with van der Waals surface area (Å²) in [5.41, 5.74) is 10.6. The second-order valence-corrected chi connectivity index (χ2v) is 10.2. The van der Waals surface area contributed by atoms with Crippen LogP contribution in [0.4, 0.5) is 0 Å². The van der Waals surface area contributed by atoms with Crippen LogP contribution < -0.4 is 0 Å². The molecule has 0 saturated carbocycles. The summed E-state index contributed by atoms with van der Waals surface area (Å²) in [4.78, 5) is 10.2. The normalized spacial score (nSPS) is 13.2. The van der Waals surface area contributed by atoms with Gasteiger partial charge in [0.15, 0.2) is 0 Å². The topological polar surface area (TPSA) is 30.2 Å². The maximum atomic E-state index is 5.13. The molecule has 0 saturated heterocycles. The number of fused-ring (bicyclic) bond motifs is 5. The van der Waals surface area contributed by atoms with Crippen LogP contribution in [0, 0.1) is 20.8 Å². The highest BCUT2D eigenvalue weighted by Gasteiger charge is 2.24. The van der Waals surface area contributed by atoms with Gasteiger partial charge in [-0.15, -0.1) is 0 Å². The Bertz CT molecular complexity index is 1240. The molecule has 0 aliphatic rings. The van der Waals surface area contributed by atoms with Crippen molar-refractivity contribution in [2.45, 2.75) is 73.1 Å². The van der Waals surface area contributed by atoms with Gasteiger partial charge in [0.2, 0.25) is 0 Å². The van der Waals surface area contributed by atoms with Crippen LogP contribution in [0.2, 0.25) is 0 Å². The molecular formula is C25H31N3. The molecule has 1 aromatic carbocycles. The fraction of sp³-hybridized carbons (Fsp3) is 0.440. The highest BCUT2D eigenvalue weighted by Crippen LogP contribution is 2.35. The SMILES string of the molecule is Cc1cc2c(nc3c4ccc(C(C)(C)C)nc4cc(C(C)(C)C)n23)c(C)c1C. The first-order chi connectivity index (χ1) is 12.9. The van der Waals surface area contributed by atoms with Crippen molar-refractivity contribution in [2.24, 2.45) is 0 Å². The molecule has 0 amide bonds. The summed E-state index contributed by atoms with van der Waals surface area (Å²) in [5.74, 6) is 0. The van der Waals surface area contributed by atoms with Gasteiger partial charge in [-0.25, -0.2) is 4.98 Å². The zero-order chi connectivity index (χ0) is 20.6. The van der Waals surface area contributed by atoms with Crippen molar-refractivity contribution in [1.82, 2.24) is 14.4 Å². The molecule has 4 aromatic rings. The third-order valence-electron chi connectivity index (χ3n) is 5.99. The first-order valence-electron chi connectivity index (χ1n) is 10.1. The molecule has 3 nitrogen and oxygen atoms in total. The lowest BCUT2D eigenvalue weighted by Gasteiger charge is -2.23. The molecule has 0 bridgehead atoms. The van der Waals surface area contributed by atoms with Gasteiger partial charge in [0.1, 0.15) is 5.65 Å². The quantitative estimate of drug-likeness (QED) is 0.349. The van der Waals surface area contributed by atoms with Crippen LogP contribution >= 0.6 is 0 Å². The molecule has 3 aromatic heterocycles. The lowest BCUT2D eigenvalue weighted by Crippen LogP contribution is -2.17. The van der Waals surface area contributed by atoms with Crippen LogP contribution in [0.5, 0.6) is 0 Å². The van der Waals surface area contributed by atoms with Crippen LogP contribution in [-0.4, -0.2) is 14.4 Å². The minimum absolute atomic E-state index is 0.0210. The lowest BCUT2D eigenvalue weighted by atomic mass is 9.89. The largest absolute Gasteiger partial charge is 0.295 e. The Morgan fingerprint density at radius 1 is 0.786 bits per heavy atom. The summed E-state index contributed by atoms with van der Waals surface area (Å²) in [6.45, 7) is 20.0. The van der Waals surface area contributed by atoms with Crippen molar-refractivity contribution in [3.8, 4) is 0 Å². The second-order valence-electron chi connectivity index (χ2n) is 10.2. The van der Waals surface area contributed by atoms with Gasteiger partial charge in [0.25, 0.3) is 0 Å². The Labute approximate surface area is 167 Å². The van der Waals surface area contributed by atoms with E-state index in [0.29, 0.717) is 0 Å². The maximum Gasteiger partial charge on any atom is 0.147 e. The average Bonchev–Trinajstić information content (AvgIpc) is 2.96. The summed E-state index contributed by atoms with van der Waals surface area (Å²) in [6, 6.07) is 8.91. The second kappa shape index (κ2) is 5.79. The molecule has 0 N–H and O–H groups in total. The van der Waals surface area contributed by atoms with E-state index in [1.54, 1.807) is 0 Å². The Kier molecular flexibility index (Phi) is 3.91. The highest BCUT2D eigenvalue weighted by atomic mass is 15.0. The van der Waals surface area contributed by atoms with E-state index >= 15 is 0 Å². The first-order valence-corrected chi connectivity index (χ1v) is 10.1. The standard InChI is InChI=1S/C25H31N3/c1-14-12-19-22(16(3)15(14)2)27-23-17-10-11-20(24(4,5)6)26-18(17)13-21(28(19)23)25(7,8)9/h10-13H,1-9H3. The molecule has 146 valence electrons. The van der Waals surface area contributed by atoms with E-state index in [4.69, 9.17) is 9.97 Å². The Hall–Kier alpha value is -2.42. The minimum Gasteiger partial charge on any atom is -0.295 e. The Morgan fingerprint density at radius 3 is 2.07 bits per heavy atom. The van der Waals surface area contributed by atoms with Crippen LogP contribution in [0.25, 0.3) is 27.6 Å². The summed E-state index contributed by atoms with van der Waals surface area (Å²) >= 11 is 0. The van der Waals surface area contributed by atoms with Gasteiger partial charge in [0.05, 0.1) is 16.6 Å². The maximum absolute atomic E-state index is 5.13. The van der Waals surface area contributed by atoms with Gasteiger partial charge in [-0.2, -0.15) is 0 Å². The van der Waals surface area contributed by atoms with Gasteiger partial charge < -0.3 is 0 Å². The van der Waals surface area contributed by atoms with Crippen molar-refractivity contribution in [2.75, 3.05) is 0 Å². The molecular weight excluding hydrogens is 342 g/mol. The molecule has 0 radical (unpaired) electrons. The van der Waals surface area contributed by atoms with E-state index in [9.17, 15) is 0 Å². The number of imidazole rings is 1. The molecule has 4 rings (SSSR count). The summed E-state index contributed by atoms with van der Waals surface area (Å²) < 4.78 is 2.36. The Morgan fingerprint density at radius 2 is 1.46 bits per heavy atom. The summed E-state index contributed by atoms with van der Waals surface area (Å²) in [7, 11) is 0. The molecule has 28 heavy (non-hydrogen) atoms. The third-order valence-corrected chi connectivity index (χ3v) is 5.99. The van der Waals surface area contributed by atoms with Crippen LogP contribution in [0.3, 0.4) is 0 Å². The molecule has 3 heteroatoms. The lowest BCUT2D eigenvalue weighted by molar-refractivity contribution is 0.562. The van der Waals surface area contributed by atoms with E-state index in [1.165, 1.54) is 27.9 Å². The van der Waals surface area contributed by atoms with E-state index in [-0.39, 0.29) is 10.8 Å². The van der Waals surface area contributed by atoms with E-state index in [1.807, 2.05) is 0 Å². The molecule has 0 fully saturated rings. The number of nitrogens with zero attached hydrogens (tertiary/aromatic N) is 3. The van der Waals surface area contributed by atoms with Crippen molar-refractivity contribution >= 4 is 27.6 Å². The van der Waals surface area contributed by atoms with Gasteiger partial charge in [-0.05, 0) is 61.7 Å². The average molecular weight is 374 g/mol. The number of benzene rings is 1. The number of aromatic nitrogens is 3. The summed E-state index contributed by atoms with van der Waals surface area (Å²) in [6.07, 6.45) is 0. The predicted octanol–water partition coefficient (Wildman–Crippen LogP) is 6.56. The zero-order valence-corrected chi connectivity index (χ0v) is 18.7. The van der Waals surface area contributed by atoms with Crippen LogP contribution in [0.1, 0.15) is 69.6 Å². The molecule has 0 aliphatic carbocycles. The number of hydrogen-bond acceptors (Lipinski definition) is 2. The van der Waals surface area contributed by atoms with Gasteiger partial charge in [-0.3, -0.25) is 9.38 Å². The molecule has 3 heterocycles. The first kappa shape index (κ1) is 18.9. The monoisotopic (exact) mass is 373 g/mol. The van der Waals surface area contributed by atoms with Crippen molar-refractivity contribution in [3.63, 3.8) is 0 Å². The van der Waals surface area contributed by atoms with Crippen LogP contribution in [0.15, 0.2) is 24.3 Å². The number of aryl methyl sites for hydroxylation is 2. The van der Waals surface area contributed by atoms with Crippen LogP contribution in [-0.2, 0) is 10.8 Å². The van der Waals surface area contributed by atoms with Crippen molar-refractivity contribution < 1.29 is 0 Å². The van der Waals surface area contributed by atoms with Gasteiger partial charge in [0, 0.05) is 27.6 Å². The fourth-order valence-corrected chi connectivity index (χ4v) is 3.99. The van der Waals surface area contributed by atoms with Crippen molar-refractivity contribution in [3.05, 3.63) is 52.3 Å². The van der Waals surface area contributed by atoms with Gasteiger partial charge >= 0.3 is 0 Å². The number of hydrogen-bond donors (Lipinski definition) is 0. The predicted molar refractivity (Wildman–Crippen MR) is 120 cm³/mol. The zero-order valence-electron chi connectivity index (χ0n) is 18.7. The minimum atomic E-state index is -0.0216. The number of pyridine rings is 2. The number of rotatable bonds is 0. The smallest absolute Gasteiger partial charge is 0.147 e. The molecule has 0 aliphatic heterocycles. The molecule has 0 unspecified atom stereocenters. The Balaban J connectivity index is 2.25. The fourth-order valence-electron chi connectivity index (χ4n) is 3.99. The highest BCUT2D eigenvalue weighted by molar-refractivity contribution is 5.98. The van der Waals surface area contributed by atoms with Gasteiger partial charge in [-0.1, -0.05) is 41.5 Å². The van der Waals surface area contributed by atoms with E-state index in [0.717, 1.165) is 27.8 Å². The summed E-state index contributed by atoms with van der Waals surface area (Å²) in [5, 5.41) is 1.12. The third kappa shape index (κ3) is 2.71. The van der Waals surface area contributed by atoms with E-state index in [2.05, 4.69) is 91.0 Å². The van der Waals surface area contributed by atoms with E-state index < -0.39 is 0 Å². The molecule has 0 spiro atoms. The van der Waals surface area contributed by atoms with Crippen molar-refractivity contribution in [1.29, 1.82) is 0 Å². The molecule has 0 atom stereocenters.